The van der Waals surface area contributed by atoms with E-state index in [1.54, 1.807) is 37.9 Å². The molecule has 1 unspecified atom stereocenters. The number of carboxylic acid groups (broad SMARTS) is 1. The highest BCUT2D eigenvalue weighted by Gasteiger charge is 2.18. The van der Waals surface area contributed by atoms with Crippen LogP contribution in [0, 0.1) is 5.92 Å². The highest BCUT2D eigenvalue weighted by Crippen LogP contribution is 2.23. The number of carbonyl (C=O) groups is 2. The van der Waals surface area contributed by atoms with E-state index in [0.717, 1.165) is 10.6 Å². The van der Waals surface area contributed by atoms with Gasteiger partial charge >= 0.3 is 5.97 Å². The number of hydrogen-bond acceptors (Lipinski definition) is 3. The van der Waals surface area contributed by atoms with Crippen LogP contribution in [0.5, 0.6) is 0 Å². The lowest BCUT2D eigenvalue weighted by Crippen LogP contribution is -2.33. The van der Waals surface area contributed by atoms with Gasteiger partial charge in [-0.3, -0.25) is 9.59 Å². The Kier molecular flexibility index (Phi) is 6.44. The van der Waals surface area contributed by atoms with Crippen LogP contribution in [0.2, 0.25) is 0 Å². The van der Waals surface area contributed by atoms with Crippen molar-refractivity contribution in [3.05, 3.63) is 65.7 Å². The van der Waals surface area contributed by atoms with E-state index in [2.05, 4.69) is 12.1 Å². The van der Waals surface area contributed by atoms with Gasteiger partial charge in [0.05, 0.1) is 5.92 Å². The molecule has 2 aromatic carbocycles. The average Bonchev–Trinajstić information content (AvgIpc) is 2.60. The minimum absolute atomic E-state index is 0.164. The molecule has 0 aliphatic heterocycles. The topological polar surface area (TPSA) is 57.6 Å². The minimum Gasteiger partial charge on any atom is -0.481 e. The molecule has 0 spiro atoms. The van der Waals surface area contributed by atoms with E-state index in [4.69, 9.17) is 5.11 Å². The molecular formula is C19H21NO3S. The van der Waals surface area contributed by atoms with Crippen molar-refractivity contribution in [3.8, 4) is 0 Å². The van der Waals surface area contributed by atoms with Gasteiger partial charge in [0.25, 0.3) is 5.91 Å². The quantitative estimate of drug-likeness (QED) is 0.778. The van der Waals surface area contributed by atoms with Gasteiger partial charge in [-0.05, 0) is 29.8 Å². The first-order valence-electron chi connectivity index (χ1n) is 7.72. The van der Waals surface area contributed by atoms with Gasteiger partial charge in [-0.1, -0.05) is 37.3 Å². The van der Waals surface area contributed by atoms with Crippen LogP contribution < -0.4 is 0 Å². The first-order chi connectivity index (χ1) is 11.5. The number of carboxylic acids is 1. The molecule has 0 radical (unpaired) electrons. The van der Waals surface area contributed by atoms with E-state index in [1.807, 2.05) is 30.3 Å². The summed E-state index contributed by atoms with van der Waals surface area (Å²) in [6.45, 7) is 1.79. The zero-order valence-corrected chi connectivity index (χ0v) is 14.6. The Morgan fingerprint density at radius 3 is 2.29 bits per heavy atom. The van der Waals surface area contributed by atoms with Crippen molar-refractivity contribution in [1.82, 2.24) is 4.90 Å². The second kappa shape index (κ2) is 8.55. The number of nitrogens with zero attached hydrogens (tertiary/aromatic N) is 1. The number of aliphatic carboxylic acids is 1. The maximum Gasteiger partial charge on any atom is 0.308 e. The number of carbonyl (C=O) groups excluding carboxylic acids is 1. The summed E-state index contributed by atoms with van der Waals surface area (Å²) >= 11 is 1.71. The molecule has 0 bridgehead atoms. The molecule has 24 heavy (non-hydrogen) atoms. The molecule has 1 atom stereocenters. The van der Waals surface area contributed by atoms with E-state index in [1.165, 1.54) is 10.5 Å². The third-order valence-electron chi connectivity index (χ3n) is 3.67. The van der Waals surface area contributed by atoms with Gasteiger partial charge in [0.15, 0.2) is 0 Å². The third-order valence-corrected chi connectivity index (χ3v) is 4.75. The first-order valence-corrected chi connectivity index (χ1v) is 8.71. The van der Waals surface area contributed by atoms with Crippen LogP contribution in [0.1, 0.15) is 22.8 Å². The van der Waals surface area contributed by atoms with E-state index >= 15 is 0 Å². The molecule has 1 amide bonds. The lowest BCUT2D eigenvalue weighted by molar-refractivity contribution is -0.141. The van der Waals surface area contributed by atoms with Crippen LogP contribution in [0.25, 0.3) is 0 Å². The Morgan fingerprint density at radius 1 is 1.08 bits per heavy atom. The number of amides is 1. The van der Waals surface area contributed by atoms with Crippen LogP contribution in [-0.4, -0.2) is 35.5 Å². The van der Waals surface area contributed by atoms with Gasteiger partial charge < -0.3 is 10.0 Å². The lowest BCUT2D eigenvalue weighted by atomic mass is 10.1. The zero-order chi connectivity index (χ0) is 17.5. The number of thioether (sulfide) groups is 1. The molecule has 2 rings (SSSR count). The number of hydrogen-bond donors (Lipinski definition) is 1. The van der Waals surface area contributed by atoms with Gasteiger partial charge in [-0.2, -0.15) is 0 Å². The summed E-state index contributed by atoms with van der Waals surface area (Å²) < 4.78 is 0. The van der Waals surface area contributed by atoms with E-state index in [-0.39, 0.29) is 12.5 Å². The molecule has 0 aliphatic rings. The second-order valence-electron chi connectivity index (χ2n) is 5.72. The monoisotopic (exact) mass is 343 g/mol. The normalized spacial score (nSPS) is 11.8. The molecule has 0 saturated heterocycles. The maximum absolute atomic E-state index is 12.3. The van der Waals surface area contributed by atoms with Crippen LogP contribution >= 0.6 is 11.8 Å². The molecule has 0 saturated carbocycles. The van der Waals surface area contributed by atoms with E-state index in [0.29, 0.717) is 5.56 Å². The molecule has 2 aromatic rings. The average molecular weight is 343 g/mol. The summed E-state index contributed by atoms with van der Waals surface area (Å²) in [6, 6.07) is 17.6. The largest absolute Gasteiger partial charge is 0.481 e. The predicted octanol–water partition coefficient (Wildman–Crippen LogP) is 3.77. The molecule has 1 N–H and O–H groups in total. The summed E-state index contributed by atoms with van der Waals surface area (Å²) in [6.07, 6.45) is 0. The van der Waals surface area contributed by atoms with Crippen molar-refractivity contribution in [2.24, 2.45) is 5.92 Å². The molecule has 0 aromatic heterocycles. The molecule has 5 heteroatoms. The van der Waals surface area contributed by atoms with Gasteiger partial charge in [0.1, 0.15) is 0 Å². The summed E-state index contributed by atoms with van der Waals surface area (Å²) in [7, 11) is 1.62. The van der Waals surface area contributed by atoms with Gasteiger partial charge in [-0.25, -0.2) is 0 Å². The van der Waals surface area contributed by atoms with Crippen LogP contribution in [0.4, 0.5) is 0 Å². The van der Waals surface area contributed by atoms with E-state index < -0.39 is 11.9 Å². The highest BCUT2D eigenvalue weighted by atomic mass is 32.2. The SMILES string of the molecule is CC(CN(C)C(=O)c1ccc(SCc2ccccc2)cc1)C(=O)O. The molecule has 0 heterocycles. The standard InChI is InChI=1S/C19H21NO3S/c1-14(19(22)23)12-20(2)18(21)16-8-10-17(11-9-16)24-13-15-6-4-3-5-7-15/h3-11,14H,12-13H2,1-2H3,(H,22,23). The van der Waals surface area contributed by atoms with Gasteiger partial charge in [-0.15, -0.1) is 11.8 Å². The molecule has 126 valence electrons. The second-order valence-corrected chi connectivity index (χ2v) is 6.77. The summed E-state index contributed by atoms with van der Waals surface area (Å²) in [4.78, 5) is 25.7. The van der Waals surface area contributed by atoms with E-state index in [9.17, 15) is 9.59 Å². The predicted molar refractivity (Wildman–Crippen MR) is 96.2 cm³/mol. The fraction of sp³-hybridized carbons (Fsp3) is 0.263. The van der Waals surface area contributed by atoms with Crippen LogP contribution in [0.15, 0.2) is 59.5 Å². The summed E-state index contributed by atoms with van der Waals surface area (Å²) in [5.41, 5.74) is 1.82. The summed E-state index contributed by atoms with van der Waals surface area (Å²) in [5.74, 6) is -0.769. The van der Waals surface area contributed by atoms with Crippen molar-refractivity contribution in [2.75, 3.05) is 13.6 Å². The lowest BCUT2D eigenvalue weighted by Gasteiger charge is -2.19. The van der Waals surface area contributed by atoms with Crippen molar-refractivity contribution in [1.29, 1.82) is 0 Å². The van der Waals surface area contributed by atoms with Crippen LogP contribution in [-0.2, 0) is 10.5 Å². The highest BCUT2D eigenvalue weighted by molar-refractivity contribution is 7.98. The van der Waals surface area contributed by atoms with Crippen molar-refractivity contribution in [2.45, 2.75) is 17.6 Å². The molecule has 4 nitrogen and oxygen atoms in total. The molecular weight excluding hydrogens is 322 g/mol. The van der Waals surface area contributed by atoms with Crippen LogP contribution in [0.3, 0.4) is 0 Å². The Balaban J connectivity index is 1.93. The van der Waals surface area contributed by atoms with Crippen molar-refractivity contribution in [3.63, 3.8) is 0 Å². The Labute approximate surface area is 146 Å². The summed E-state index contributed by atoms with van der Waals surface area (Å²) in [5, 5.41) is 8.93. The number of benzene rings is 2. The minimum atomic E-state index is -0.901. The fourth-order valence-corrected chi connectivity index (χ4v) is 3.08. The smallest absolute Gasteiger partial charge is 0.308 e. The van der Waals surface area contributed by atoms with Crippen molar-refractivity contribution >= 4 is 23.6 Å². The Morgan fingerprint density at radius 2 is 1.71 bits per heavy atom. The van der Waals surface area contributed by atoms with Crippen molar-refractivity contribution < 1.29 is 14.7 Å². The number of rotatable bonds is 7. The van der Waals surface area contributed by atoms with Gasteiger partial charge in [0, 0.05) is 29.8 Å². The Bertz CT molecular complexity index is 686. The van der Waals surface area contributed by atoms with Gasteiger partial charge in [0.2, 0.25) is 0 Å². The maximum atomic E-state index is 12.3. The third kappa shape index (κ3) is 5.13. The molecule has 0 aliphatic carbocycles. The first kappa shape index (κ1) is 18.1. The fourth-order valence-electron chi connectivity index (χ4n) is 2.23. The zero-order valence-electron chi connectivity index (χ0n) is 13.8. The Hall–Kier alpha value is -2.27. The molecule has 0 fully saturated rings.